The van der Waals surface area contributed by atoms with Gasteiger partial charge in [-0.3, -0.25) is 4.79 Å². The molecule has 0 bridgehead atoms. The number of amides is 1. The van der Waals surface area contributed by atoms with Crippen molar-refractivity contribution in [2.75, 3.05) is 26.7 Å². The highest BCUT2D eigenvalue weighted by Crippen LogP contribution is 2.35. The monoisotopic (exact) mass is 310 g/mol. The molecule has 1 saturated heterocycles. The Morgan fingerprint density at radius 2 is 2.09 bits per heavy atom. The van der Waals surface area contributed by atoms with Gasteiger partial charge < -0.3 is 15.0 Å². The third-order valence-corrected chi connectivity index (χ3v) is 5.56. The normalized spacial score (nSPS) is 33.2. The lowest BCUT2D eigenvalue weighted by atomic mass is 9.75. The Labute approximate surface area is 136 Å². The molecule has 22 heavy (non-hydrogen) atoms. The molecular formula is C18H34N2O2. The number of hydrogen-bond donors (Lipinski definition) is 1. The SMILES string of the molecule is CNC1CCCN(C(=O)COC2CC(C)CCC2C(C)C)C1. The van der Waals surface area contributed by atoms with Crippen molar-refractivity contribution in [3.8, 4) is 0 Å². The van der Waals surface area contributed by atoms with Gasteiger partial charge in [0.25, 0.3) is 0 Å². The van der Waals surface area contributed by atoms with Gasteiger partial charge in [-0.05, 0) is 50.5 Å². The molecule has 2 rings (SSSR count). The van der Waals surface area contributed by atoms with Gasteiger partial charge in [0.2, 0.25) is 5.91 Å². The highest BCUT2D eigenvalue weighted by atomic mass is 16.5. The summed E-state index contributed by atoms with van der Waals surface area (Å²) in [6.45, 7) is 8.83. The fourth-order valence-electron chi connectivity index (χ4n) is 4.02. The van der Waals surface area contributed by atoms with E-state index in [1.807, 2.05) is 11.9 Å². The summed E-state index contributed by atoms with van der Waals surface area (Å²) in [7, 11) is 1.98. The maximum atomic E-state index is 12.4. The Balaban J connectivity index is 1.83. The summed E-state index contributed by atoms with van der Waals surface area (Å²) in [4.78, 5) is 14.4. The first-order valence-corrected chi connectivity index (χ1v) is 9.07. The Morgan fingerprint density at radius 3 is 2.77 bits per heavy atom. The van der Waals surface area contributed by atoms with E-state index < -0.39 is 0 Å². The van der Waals surface area contributed by atoms with Crippen molar-refractivity contribution >= 4 is 5.91 Å². The second kappa shape index (κ2) is 8.30. The Hall–Kier alpha value is -0.610. The highest BCUT2D eigenvalue weighted by molar-refractivity contribution is 5.77. The van der Waals surface area contributed by atoms with Crippen LogP contribution >= 0.6 is 0 Å². The zero-order chi connectivity index (χ0) is 16.1. The van der Waals surface area contributed by atoms with E-state index in [1.165, 1.54) is 12.8 Å². The van der Waals surface area contributed by atoms with Crippen molar-refractivity contribution in [1.29, 1.82) is 0 Å². The molecule has 4 nitrogen and oxygen atoms in total. The molecule has 0 aromatic rings. The molecule has 0 radical (unpaired) electrons. The van der Waals surface area contributed by atoms with Crippen LogP contribution in [0.25, 0.3) is 0 Å². The summed E-state index contributed by atoms with van der Waals surface area (Å²) in [6, 6.07) is 0.441. The molecule has 4 heteroatoms. The van der Waals surface area contributed by atoms with Crippen LogP contribution in [-0.4, -0.2) is 49.7 Å². The average molecular weight is 310 g/mol. The van der Waals surface area contributed by atoms with Crippen molar-refractivity contribution in [2.45, 2.75) is 65.0 Å². The lowest BCUT2D eigenvalue weighted by Gasteiger charge is -2.38. The molecule has 4 atom stereocenters. The van der Waals surface area contributed by atoms with E-state index in [-0.39, 0.29) is 18.6 Å². The highest BCUT2D eigenvalue weighted by Gasteiger charge is 2.32. The van der Waals surface area contributed by atoms with Crippen LogP contribution in [0, 0.1) is 17.8 Å². The van der Waals surface area contributed by atoms with Crippen molar-refractivity contribution in [3.05, 3.63) is 0 Å². The molecule has 2 fully saturated rings. The Kier molecular flexibility index (Phi) is 6.69. The van der Waals surface area contributed by atoms with Crippen LogP contribution in [0.2, 0.25) is 0 Å². The van der Waals surface area contributed by atoms with Gasteiger partial charge in [0.15, 0.2) is 0 Å². The number of nitrogens with zero attached hydrogens (tertiary/aromatic N) is 1. The number of rotatable bonds is 5. The summed E-state index contributed by atoms with van der Waals surface area (Å²) in [5.41, 5.74) is 0. The summed E-state index contributed by atoms with van der Waals surface area (Å²) in [5.74, 6) is 2.13. The summed E-state index contributed by atoms with van der Waals surface area (Å²) in [6.07, 6.45) is 6.16. The lowest BCUT2D eigenvalue weighted by molar-refractivity contribution is -0.143. The van der Waals surface area contributed by atoms with E-state index in [2.05, 4.69) is 26.1 Å². The van der Waals surface area contributed by atoms with E-state index in [0.717, 1.165) is 38.3 Å². The van der Waals surface area contributed by atoms with Gasteiger partial charge in [-0.15, -0.1) is 0 Å². The summed E-state index contributed by atoms with van der Waals surface area (Å²) >= 11 is 0. The number of piperidine rings is 1. The third kappa shape index (κ3) is 4.69. The van der Waals surface area contributed by atoms with E-state index in [9.17, 15) is 4.79 Å². The second-order valence-electron chi connectivity index (χ2n) is 7.64. The smallest absolute Gasteiger partial charge is 0.248 e. The van der Waals surface area contributed by atoms with Crippen LogP contribution in [0.5, 0.6) is 0 Å². The first-order chi connectivity index (χ1) is 10.5. The quantitative estimate of drug-likeness (QED) is 0.849. The number of likely N-dealkylation sites (N-methyl/N-ethyl adjacent to an activating group) is 1. The standard InChI is InChI=1S/C18H34N2O2/c1-13(2)16-8-7-14(3)10-17(16)22-12-18(21)20-9-5-6-15(11-20)19-4/h13-17,19H,5-12H2,1-4H3. The zero-order valence-electron chi connectivity index (χ0n) is 14.8. The van der Waals surface area contributed by atoms with Crippen molar-refractivity contribution < 1.29 is 9.53 Å². The molecule has 0 aromatic heterocycles. The largest absolute Gasteiger partial charge is 0.368 e. The lowest BCUT2D eigenvalue weighted by Crippen LogP contribution is -2.48. The van der Waals surface area contributed by atoms with Gasteiger partial charge in [0.1, 0.15) is 6.61 Å². The van der Waals surface area contributed by atoms with Crippen molar-refractivity contribution in [3.63, 3.8) is 0 Å². The predicted molar refractivity (Wildman–Crippen MR) is 89.7 cm³/mol. The van der Waals surface area contributed by atoms with Gasteiger partial charge in [-0.25, -0.2) is 0 Å². The van der Waals surface area contributed by atoms with Crippen LogP contribution in [0.4, 0.5) is 0 Å². The maximum absolute atomic E-state index is 12.4. The second-order valence-corrected chi connectivity index (χ2v) is 7.64. The molecule has 1 heterocycles. The maximum Gasteiger partial charge on any atom is 0.248 e. The number of carbonyl (C=O) groups is 1. The fourth-order valence-corrected chi connectivity index (χ4v) is 4.02. The van der Waals surface area contributed by atoms with E-state index in [1.54, 1.807) is 0 Å². The van der Waals surface area contributed by atoms with Gasteiger partial charge in [-0.1, -0.05) is 27.2 Å². The topological polar surface area (TPSA) is 41.6 Å². The number of likely N-dealkylation sites (tertiary alicyclic amines) is 1. The van der Waals surface area contributed by atoms with Crippen molar-refractivity contribution in [2.24, 2.45) is 17.8 Å². The van der Waals surface area contributed by atoms with Crippen LogP contribution in [0.1, 0.15) is 52.9 Å². The van der Waals surface area contributed by atoms with Crippen LogP contribution in [-0.2, 0) is 9.53 Å². The molecule has 128 valence electrons. The van der Waals surface area contributed by atoms with Crippen LogP contribution in [0.15, 0.2) is 0 Å². The fraction of sp³-hybridized carbons (Fsp3) is 0.944. The first kappa shape index (κ1) is 17.7. The molecule has 1 saturated carbocycles. The molecule has 0 spiro atoms. The zero-order valence-corrected chi connectivity index (χ0v) is 14.8. The summed E-state index contributed by atoms with van der Waals surface area (Å²) in [5, 5.41) is 3.29. The number of hydrogen-bond acceptors (Lipinski definition) is 3. The Bertz CT molecular complexity index is 359. The van der Waals surface area contributed by atoms with E-state index >= 15 is 0 Å². The molecule has 0 aromatic carbocycles. The molecular weight excluding hydrogens is 276 g/mol. The van der Waals surface area contributed by atoms with Gasteiger partial charge in [0.05, 0.1) is 6.10 Å². The van der Waals surface area contributed by atoms with E-state index in [4.69, 9.17) is 4.74 Å². The molecule has 2 aliphatic rings. The summed E-state index contributed by atoms with van der Waals surface area (Å²) < 4.78 is 6.10. The van der Waals surface area contributed by atoms with Crippen molar-refractivity contribution in [1.82, 2.24) is 10.2 Å². The first-order valence-electron chi connectivity index (χ1n) is 9.07. The molecule has 1 amide bonds. The minimum atomic E-state index is 0.167. The minimum Gasteiger partial charge on any atom is -0.368 e. The molecule has 1 aliphatic carbocycles. The minimum absolute atomic E-state index is 0.167. The molecule has 4 unspecified atom stereocenters. The van der Waals surface area contributed by atoms with Crippen LogP contribution in [0.3, 0.4) is 0 Å². The molecule has 1 N–H and O–H groups in total. The number of carbonyl (C=O) groups excluding carboxylic acids is 1. The predicted octanol–water partition coefficient (Wildman–Crippen LogP) is 2.67. The third-order valence-electron chi connectivity index (χ3n) is 5.56. The average Bonchev–Trinajstić information content (AvgIpc) is 2.52. The van der Waals surface area contributed by atoms with Gasteiger partial charge >= 0.3 is 0 Å². The van der Waals surface area contributed by atoms with E-state index in [0.29, 0.717) is 17.9 Å². The Morgan fingerprint density at radius 1 is 1.32 bits per heavy atom. The van der Waals surface area contributed by atoms with Gasteiger partial charge in [-0.2, -0.15) is 0 Å². The molecule has 1 aliphatic heterocycles. The van der Waals surface area contributed by atoms with Gasteiger partial charge in [0, 0.05) is 19.1 Å². The number of nitrogens with one attached hydrogen (secondary N) is 1. The van der Waals surface area contributed by atoms with Crippen LogP contribution < -0.4 is 5.32 Å². The number of ether oxygens (including phenoxy) is 1.